The van der Waals surface area contributed by atoms with Crippen molar-refractivity contribution in [3.05, 3.63) is 89.5 Å². The van der Waals surface area contributed by atoms with E-state index in [9.17, 15) is 13.6 Å². The average Bonchev–Trinajstić information content (AvgIpc) is 2.85. The largest absolute Gasteiger partial charge is 0.423 e. The third-order valence-electron chi connectivity index (χ3n) is 6.43. The highest BCUT2D eigenvalue weighted by atomic mass is 19.2. The van der Waals surface area contributed by atoms with E-state index in [0.29, 0.717) is 22.3 Å². The van der Waals surface area contributed by atoms with Crippen LogP contribution in [0, 0.1) is 35.3 Å². The van der Waals surface area contributed by atoms with Crippen LogP contribution in [0.5, 0.6) is 5.75 Å². The molecule has 0 atom stereocenters. The molecule has 0 spiro atoms. The highest BCUT2D eigenvalue weighted by Crippen LogP contribution is 2.31. The number of ether oxygens (including phenoxy) is 1. The van der Waals surface area contributed by atoms with E-state index < -0.39 is 17.6 Å². The first-order chi connectivity index (χ1) is 16.5. The van der Waals surface area contributed by atoms with Gasteiger partial charge in [-0.25, -0.2) is 13.6 Å². The molecular weight excluding hydrogens is 430 g/mol. The minimum Gasteiger partial charge on any atom is -0.423 e. The molecule has 1 fully saturated rings. The van der Waals surface area contributed by atoms with Gasteiger partial charge in [-0.1, -0.05) is 30.1 Å². The van der Waals surface area contributed by atoms with E-state index in [1.165, 1.54) is 31.7 Å². The molecule has 3 aromatic rings. The van der Waals surface area contributed by atoms with Gasteiger partial charge >= 0.3 is 5.97 Å². The maximum Gasteiger partial charge on any atom is 0.343 e. The number of halogens is 2. The number of carbonyl (C=O) groups is 1. The molecule has 0 bridgehead atoms. The second-order valence-electron chi connectivity index (χ2n) is 8.88. The molecule has 1 aliphatic rings. The molecule has 4 rings (SSSR count). The molecule has 0 unspecified atom stereocenters. The first-order valence-electron chi connectivity index (χ1n) is 11.9. The highest BCUT2D eigenvalue weighted by Gasteiger charge is 2.19. The van der Waals surface area contributed by atoms with Gasteiger partial charge < -0.3 is 4.74 Å². The third kappa shape index (κ3) is 6.11. The van der Waals surface area contributed by atoms with Gasteiger partial charge in [0.2, 0.25) is 0 Å². The monoisotopic (exact) mass is 458 g/mol. The van der Waals surface area contributed by atoms with E-state index in [1.54, 1.807) is 24.3 Å². The molecule has 0 heterocycles. The van der Waals surface area contributed by atoms with Crippen molar-refractivity contribution >= 4 is 16.7 Å². The standard InChI is InChI=1S/C30H28F2O2/c1-2-3-4-5-21-6-8-22(9-7-21)10-11-23-12-14-24(15-13-23)30(33)34-27-17-16-25-19-28(31)29(32)20-26(25)18-27/h2-3,12-22H,4-9H2,1H3/b3-2+. The van der Waals surface area contributed by atoms with Crippen molar-refractivity contribution < 1.29 is 18.3 Å². The number of hydrogen-bond donors (Lipinski definition) is 0. The van der Waals surface area contributed by atoms with E-state index in [4.69, 9.17) is 4.74 Å². The van der Waals surface area contributed by atoms with Gasteiger partial charge in [0.25, 0.3) is 0 Å². The van der Waals surface area contributed by atoms with Crippen LogP contribution >= 0.6 is 0 Å². The summed E-state index contributed by atoms with van der Waals surface area (Å²) >= 11 is 0. The van der Waals surface area contributed by atoms with E-state index in [1.807, 2.05) is 12.1 Å². The molecule has 1 saturated carbocycles. The molecule has 1 aliphatic carbocycles. The Morgan fingerprint density at radius 1 is 0.971 bits per heavy atom. The average molecular weight is 459 g/mol. The van der Waals surface area contributed by atoms with Crippen LogP contribution in [0.15, 0.2) is 66.7 Å². The summed E-state index contributed by atoms with van der Waals surface area (Å²) in [5.74, 6) is 5.82. The zero-order valence-electron chi connectivity index (χ0n) is 19.3. The molecule has 0 amide bonds. The topological polar surface area (TPSA) is 26.3 Å². The Kier molecular flexibility index (Phi) is 7.75. The number of fused-ring (bicyclic) bond motifs is 1. The van der Waals surface area contributed by atoms with Gasteiger partial charge in [0, 0.05) is 11.5 Å². The van der Waals surface area contributed by atoms with E-state index in [-0.39, 0.29) is 5.75 Å². The molecular formula is C30H28F2O2. The van der Waals surface area contributed by atoms with Gasteiger partial charge in [-0.2, -0.15) is 0 Å². The van der Waals surface area contributed by atoms with Crippen molar-refractivity contribution in [2.75, 3.05) is 0 Å². The van der Waals surface area contributed by atoms with Crippen molar-refractivity contribution in [2.24, 2.45) is 11.8 Å². The number of hydrogen-bond acceptors (Lipinski definition) is 2. The summed E-state index contributed by atoms with van der Waals surface area (Å²) in [6.45, 7) is 2.07. The van der Waals surface area contributed by atoms with Crippen molar-refractivity contribution in [1.29, 1.82) is 0 Å². The second kappa shape index (κ2) is 11.1. The van der Waals surface area contributed by atoms with E-state index in [2.05, 4.69) is 30.9 Å². The van der Waals surface area contributed by atoms with Crippen LogP contribution in [-0.4, -0.2) is 5.97 Å². The Hall–Kier alpha value is -3.45. The molecule has 0 N–H and O–H groups in total. The fourth-order valence-electron chi connectivity index (χ4n) is 4.42. The van der Waals surface area contributed by atoms with Gasteiger partial charge in [0.15, 0.2) is 11.6 Å². The van der Waals surface area contributed by atoms with Gasteiger partial charge in [-0.3, -0.25) is 0 Å². The van der Waals surface area contributed by atoms with Crippen molar-refractivity contribution in [2.45, 2.75) is 45.4 Å². The van der Waals surface area contributed by atoms with Crippen LogP contribution in [0.25, 0.3) is 10.8 Å². The zero-order chi connectivity index (χ0) is 23.9. The zero-order valence-corrected chi connectivity index (χ0v) is 19.3. The lowest BCUT2D eigenvalue weighted by atomic mass is 9.80. The molecule has 0 radical (unpaired) electrons. The van der Waals surface area contributed by atoms with Crippen LogP contribution in [0.4, 0.5) is 8.78 Å². The summed E-state index contributed by atoms with van der Waals surface area (Å²) in [5, 5.41) is 0.991. The van der Waals surface area contributed by atoms with Gasteiger partial charge in [-0.15, -0.1) is 0 Å². The predicted octanol–water partition coefficient (Wildman–Crippen LogP) is 7.85. The maximum atomic E-state index is 13.5. The van der Waals surface area contributed by atoms with E-state index >= 15 is 0 Å². The van der Waals surface area contributed by atoms with Crippen molar-refractivity contribution in [1.82, 2.24) is 0 Å². The summed E-state index contributed by atoms with van der Waals surface area (Å²) in [6.07, 6.45) is 11.6. The highest BCUT2D eigenvalue weighted by molar-refractivity contribution is 5.92. The Balaban J connectivity index is 1.33. The smallest absolute Gasteiger partial charge is 0.343 e. The second-order valence-corrected chi connectivity index (χ2v) is 8.88. The molecule has 0 aliphatic heterocycles. The first kappa shape index (κ1) is 23.7. The summed E-state index contributed by atoms with van der Waals surface area (Å²) in [4.78, 5) is 12.5. The fraction of sp³-hybridized carbons (Fsp3) is 0.300. The van der Waals surface area contributed by atoms with E-state index in [0.717, 1.165) is 36.5 Å². The fourth-order valence-corrected chi connectivity index (χ4v) is 4.42. The summed E-state index contributed by atoms with van der Waals surface area (Å²) in [7, 11) is 0. The first-order valence-corrected chi connectivity index (χ1v) is 11.9. The number of rotatable bonds is 5. The third-order valence-corrected chi connectivity index (χ3v) is 6.43. The number of allylic oxidation sites excluding steroid dienone is 2. The van der Waals surface area contributed by atoms with Gasteiger partial charge in [0.05, 0.1) is 5.56 Å². The van der Waals surface area contributed by atoms with Crippen LogP contribution in [0.2, 0.25) is 0 Å². The summed E-state index contributed by atoms with van der Waals surface area (Å²) in [5.41, 5.74) is 1.27. The van der Waals surface area contributed by atoms with Gasteiger partial charge in [-0.05, 0) is 111 Å². The SMILES string of the molecule is C/C=C/CCC1CCC(C#Cc2ccc(C(=O)Oc3ccc4cc(F)c(F)cc4c3)cc2)CC1. The molecule has 174 valence electrons. The summed E-state index contributed by atoms with van der Waals surface area (Å²) in [6, 6.07) is 13.9. The molecule has 3 aromatic carbocycles. The van der Waals surface area contributed by atoms with Crippen LogP contribution in [0.3, 0.4) is 0 Å². The van der Waals surface area contributed by atoms with Gasteiger partial charge in [0.1, 0.15) is 5.75 Å². The Labute approximate surface area is 199 Å². The lowest BCUT2D eigenvalue weighted by Gasteiger charge is -2.25. The normalized spacial score (nSPS) is 18.0. The predicted molar refractivity (Wildman–Crippen MR) is 132 cm³/mol. The quantitative estimate of drug-likeness (QED) is 0.168. The molecule has 34 heavy (non-hydrogen) atoms. The lowest BCUT2D eigenvalue weighted by Crippen LogP contribution is -2.13. The number of carbonyl (C=O) groups excluding carboxylic acids is 1. The molecule has 0 saturated heterocycles. The Morgan fingerprint density at radius 3 is 2.38 bits per heavy atom. The summed E-state index contributed by atoms with van der Waals surface area (Å²) < 4.78 is 32.3. The lowest BCUT2D eigenvalue weighted by molar-refractivity contribution is 0.0735. The Morgan fingerprint density at radius 2 is 1.68 bits per heavy atom. The molecule has 0 aromatic heterocycles. The van der Waals surface area contributed by atoms with Crippen molar-refractivity contribution in [3.8, 4) is 17.6 Å². The van der Waals surface area contributed by atoms with Crippen LogP contribution in [-0.2, 0) is 0 Å². The van der Waals surface area contributed by atoms with Crippen LogP contribution < -0.4 is 4.74 Å². The minimum absolute atomic E-state index is 0.272. The molecule has 2 nitrogen and oxygen atoms in total. The molecule has 4 heteroatoms. The van der Waals surface area contributed by atoms with Crippen molar-refractivity contribution in [3.63, 3.8) is 0 Å². The minimum atomic E-state index is -0.940. The number of benzene rings is 3. The maximum absolute atomic E-state index is 13.5. The number of esters is 1. The Bertz CT molecular complexity index is 1240. The van der Waals surface area contributed by atoms with Crippen LogP contribution in [0.1, 0.15) is 61.4 Å².